The second kappa shape index (κ2) is 8.26. The van der Waals surface area contributed by atoms with Gasteiger partial charge in [0.25, 0.3) is 5.91 Å². The SMILES string of the molecule is CC1(c2ccc(C#N)cc2)NC(=O)N(CC(=O)NCCC2=CCCCC2)C1=O. The Hall–Kier alpha value is -3.14. The molecule has 1 aliphatic carbocycles. The summed E-state index contributed by atoms with van der Waals surface area (Å²) in [6, 6.07) is 7.88. The highest BCUT2D eigenvalue weighted by atomic mass is 16.2. The highest BCUT2D eigenvalue weighted by molar-refractivity contribution is 6.09. The summed E-state index contributed by atoms with van der Waals surface area (Å²) in [7, 11) is 0. The number of urea groups is 1. The van der Waals surface area contributed by atoms with Crippen LogP contribution in [0.3, 0.4) is 0 Å². The Kier molecular flexibility index (Phi) is 5.78. The number of imide groups is 1. The maximum Gasteiger partial charge on any atom is 0.325 e. The number of carbonyl (C=O) groups is 3. The number of nitrogens with one attached hydrogen (secondary N) is 2. The summed E-state index contributed by atoms with van der Waals surface area (Å²) in [5.41, 5.74) is 1.14. The van der Waals surface area contributed by atoms with Crippen LogP contribution >= 0.6 is 0 Å². The van der Waals surface area contributed by atoms with Gasteiger partial charge in [-0.15, -0.1) is 0 Å². The molecule has 4 amide bonds. The van der Waals surface area contributed by atoms with Gasteiger partial charge in [-0.05, 0) is 56.7 Å². The minimum absolute atomic E-state index is 0.310. The maximum atomic E-state index is 12.8. The third kappa shape index (κ3) is 4.06. The van der Waals surface area contributed by atoms with E-state index in [-0.39, 0.29) is 12.5 Å². The fourth-order valence-electron chi connectivity index (χ4n) is 3.61. The molecule has 1 aromatic rings. The lowest BCUT2D eigenvalue weighted by Crippen LogP contribution is -2.43. The van der Waals surface area contributed by atoms with Crippen molar-refractivity contribution in [3.8, 4) is 6.07 Å². The van der Waals surface area contributed by atoms with E-state index in [0.29, 0.717) is 17.7 Å². The number of benzene rings is 1. The zero-order chi connectivity index (χ0) is 20.1. The van der Waals surface area contributed by atoms with Crippen LogP contribution in [0.15, 0.2) is 35.9 Å². The number of rotatable bonds is 6. The van der Waals surface area contributed by atoms with Gasteiger partial charge >= 0.3 is 6.03 Å². The van der Waals surface area contributed by atoms with Gasteiger partial charge < -0.3 is 10.6 Å². The molecule has 1 aromatic carbocycles. The maximum absolute atomic E-state index is 12.8. The fourth-order valence-corrected chi connectivity index (χ4v) is 3.61. The average Bonchev–Trinajstić information content (AvgIpc) is 2.93. The van der Waals surface area contributed by atoms with Gasteiger partial charge in [-0.3, -0.25) is 14.5 Å². The smallest absolute Gasteiger partial charge is 0.325 e. The molecule has 146 valence electrons. The van der Waals surface area contributed by atoms with Crippen LogP contribution in [0, 0.1) is 11.3 Å². The lowest BCUT2D eigenvalue weighted by atomic mass is 9.91. The molecule has 7 nitrogen and oxygen atoms in total. The van der Waals surface area contributed by atoms with E-state index in [2.05, 4.69) is 16.7 Å². The Balaban J connectivity index is 1.59. The number of nitrogens with zero attached hydrogens (tertiary/aromatic N) is 2. The molecule has 1 atom stereocenters. The van der Waals surface area contributed by atoms with E-state index in [0.717, 1.165) is 24.2 Å². The summed E-state index contributed by atoms with van der Waals surface area (Å²) < 4.78 is 0. The van der Waals surface area contributed by atoms with Crippen molar-refractivity contribution in [2.45, 2.75) is 44.6 Å². The predicted molar refractivity (Wildman–Crippen MR) is 103 cm³/mol. The molecular formula is C21H24N4O3. The van der Waals surface area contributed by atoms with Crippen molar-refractivity contribution in [2.75, 3.05) is 13.1 Å². The minimum atomic E-state index is -1.25. The molecule has 0 radical (unpaired) electrons. The number of allylic oxidation sites excluding steroid dienone is 1. The third-order valence-electron chi connectivity index (χ3n) is 5.32. The summed E-state index contributed by atoms with van der Waals surface area (Å²) in [6.45, 7) is 1.79. The average molecular weight is 380 g/mol. The topological polar surface area (TPSA) is 102 Å². The van der Waals surface area contributed by atoms with Gasteiger partial charge in [-0.2, -0.15) is 5.26 Å². The normalized spacial score (nSPS) is 21.7. The molecule has 28 heavy (non-hydrogen) atoms. The molecule has 1 fully saturated rings. The van der Waals surface area contributed by atoms with Gasteiger partial charge in [0.1, 0.15) is 12.1 Å². The predicted octanol–water partition coefficient (Wildman–Crippen LogP) is 2.33. The monoisotopic (exact) mass is 380 g/mol. The number of hydrogen-bond donors (Lipinski definition) is 2. The molecule has 0 aromatic heterocycles. The van der Waals surface area contributed by atoms with E-state index in [9.17, 15) is 14.4 Å². The molecule has 0 bridgehead atoms. The first kappa shape index (κ1) is 19.6. The molecule has 2 N–H and O–H groups in total. The van der Waals surface area contributed by atoms with E-state index >= 15 is 0 Å². The van der Waals surface area contributed by atoms with Crippen LogP contribution in [0.2, 0.25) is 0 Å². The summed E-state index contributed by atoms with van der Waals surface area (Å²) in [6.07, 6.45) is 7.62. The third-order valence-corrected chi connectivity index (χ3v) is 5.32. The lowest BCUT2D eigenvalue weighted by molar-refractivity contribution is -0.134. The zero-order valence-corrected chi connectivity index (χ0v) is 16.0. The summed E-state index contributed by atoms with van der Waals surface area (Å²) >= 11 is 0. The van der Waals surface area contributed by atoms with Gasteiger partial charge in [0.05, 0.1) is 11.6 Å². The first-order valence-corrected chi connectivity index (χ1v) is 9.53. The van der Waals surface area contributed by atoms with Crippen LogP contribution in [0.4, 0.5) is 4.79 Å². The largest absolute Gasteiger partial charge is 0.354 e. The van der Waals surface area contributed by atoms with Crippen molar-refractivity contribution < 1.29 is 14.4 Å². The van der Waals surface area contributed by atoms with Crippen molar-refractivity contribution in [1.82, 2.24) is 15.5 Å². The van der Waals surface area contributed by atoms with E-state index in [4.69, 9.17) is 5.26 Å². The van der Waals surface area contributed by atoms with Gasteiger partial charge in [-0.1, -0.05) is 23.8 Å². The van der Waals surface area contributed by atoms with E-state index in [1.807, 2.05) is 6.07 Å². The van der Waals surface area contributed by atoms with E-state index in [1.54, 1.807) is 31.2 Å². The van der Waals surface area contributed by atoms with Gasteiger partial charge in [0, 0.05) is 6.54 Å². The van der Waals surface area contributed by atoms with Crippen molar-refractivity contribution in [3.05, 3.63) is 47.0 Å². The standard InChI is InChI=1S/C21H24N4O3/c1-21(17-9-7-16(13-22)8-10-17)19(27)25(20(28)24-21)14-18(26)23-12-11-15-5-3-2-4-6-15/h5,7-10H,2-4,6,11-12,14H2,1H3,(H,23,26)(H,24,28). The molecule has 1 unspecified atom stereocenters. The molecule has 1 saturated heterocycles. The number of amides is 4. The zero-order valence-electron chi connectivity index (χ0n) is 16.0. The van der Waals surface area contributed by atoms with Crippen LogP contribution in [0.1, 0.15) is 50.2 Å². The summed E-state index contributed by atoms with van der Waals surface area (Å²) in [4.78, 5) is 38.3. The number of nitriles is 1. The Morgan fingerprint density at radius 3 is 2.68 bits per heavy atom. The fraction of sp³-hybridized carbons (Fsp3) is 0.429. The van der Waals surface area contributed by atoms with Gasteiger partial charge in [0.15, 0.2) is 0 Å². The molecule has 7 heteroatoms. The Labute approximate surface area is 164 Å². The molecule has 0 spiro atoms. The van der Waals surface area contributed by atoms with Crippen molar-refractivity contribution in [3.63, 3.8) is 0 Å². The summed E-state index contributed by atoms with van der Waals surface area (Å²) in [5.74, 6) is -0.837. The molecule has 2 aliphatic rings. The van der Waals surface area contributed by atoms with Crippen molar-refractivity contribution >= 4 is 17.8 Å². The van der Waals surface area contributed by atoms with Crippen LogP contribution in [0.5, 0.6) is 0 Å². The van der Waals surface area contributed by atoms with Crippen molar-refractivity contribution in [2.24, 2.45) is 0 Å². The minimum Gasteiger partial charge on any atom is -0.354 e. The van der Waals surface area contributed by atoms with Crippen molar-refractivity contribution in [1.29, 1.82) is 5.26 Å². The molecule has 1 heterocycles. The van der Waals surface area contributed by atoms with E-state index < -0.39 is 17.5 Å². The van der Waals surface area contributed by atoms with Gasteiger partial charge in [-0.25, -0.2) is 4.79 Å². The van der Waals surface area contributed by atoms with Crippen LogP contribution in [-0.4, -0.2) is 35.8 Å². The molecular weight excluding hydrogens is 356 g/mol. The number of carbonyl (C=O) groups excluding carboxylic acids is 3. The summed E-state index contributed by atoms with van der Waals surface area (Å²) in [5, 5.41) is 14.4. The molecule has 1 aliphatic heterocycles. The van der Waals surface area contributed by atoms with Crippen LogP contribution in [-0.2, 0) is 15.1 Å². The number of hydrogen-bond acceptors (Lipinski definition) is 4. The quantitative estimate of drug-likeness (QED) is 0.584. The first-order chi connectivity index (χ1) is 13.4. The second-order valence-electron chi connectivity index (χ2n) is 7.34. The Bertz CT molecular complexity index is 853. The molecule has 0 saturated carbocycles. The first-order valence-electron chi connectivity index (χ1n) is 9.53. The highest BCUT2D eigenvalue weighted by Crippen LogP contribution is 2.28. The lowest BCUT2D eigenvalue weighted by Gasteiger charge is -2.22. The van der Waals surface area contributed by atoms with E-state index in [1.165, 1.54) is 18.4 Å². The van der Waals surface area contributed by atoms with Gasteiger partial charge in [0.2, 0.25) is 5.91 Å². The molecule has 3 rings (SSSR count). The second-order valence-corrected chi connectivity index (χ2v) is 7.34. The Morgan fingerprint density at radius 1 is 1.29 bits per heavy atom. The van der Waals surface area contributed by atoms with Crippen LogP contribution < -0.4 is 10.6 Å². The Morgan fingerprint density at radius 2 is 2.04 bits per heavy atom. The van der Waals surface area contributed by atoms with Crippen LogP contribution in [0.25, 0.3) is 0 Å². The highest BCUT2D eigenvalue weighted by Gasteiger charge is 2.49.